The minimum Gasteiger partial charge on any atom is -0.250 e. The Balaban J connectivity index is 1.94. The molecule has 0 unspecified atom stereocenters. The molecule has 0 atom stereocenters. The van der Waals surface area contributed by atoms with Crippen LogP contribution in [0.5, 0.6) is 0 Å². The summed E-state index contributed by atoms with van der Waals surface area (Å²) in [7, 11) is 0. The molecule has 2 aromatic carbocycles. The van der Waals surface area contributed by atoms with Crippen LogP contribution in [0.3, 0.4) is 0 Å². The smallest absolute Gasteiger partial charge is 0.216 e. The zero-order valence-corrected chi connectivity index (χ0v) is 13.9. The summed E-state index contributed by atoms with van der Waals surface area (Å²) in [6.45, 7) is 0. The first-order valence-electron chi connectivity index (χ1n) is 7.04. The highest BCUT2D eigenvalue weighted by atomic mass is 35.5. The van der Waals surface area contributed by atoms with Crippen LogP contribution in [-0.4, -0.2) is 21.1 Å². The first-order chi connectivity index (χ1) is 11.6. The summed E-state index contributed by atoms with van der Waals surface area (Å²) < 4.78 is 15.5. The second-order valence-corrected chi connectivity index (χ2v) is 5.65. The standard InChI is InChI=1S/C17H12ClFN4S/c18-13(10-12-6-2-1-3-7-12)11-20-23-16(21-22-17(23)24)14-8-4-5-9-15(14)19/h1-11H,(H,22,24)/b13-10-,20-11+. The lowest BCUT2D eigenvalue weighted by molar-refractivity contribution is 0.628. The van der Waals surface area contributed by atoms with Crippen LogP contribution in [0.25, 0.3) is 17.5 Å². The lowest BCUT2D eigenvalue weighted by Gasteiger charge is -2.02. The highest BCUT2D eigenvalue weighted by Gasteiger charge is 2.12. The third-order valence-corrected chi connectivity index (χ3v) is 3.64. The molecule has 0 saturated carbocycles. The lowest BCUT2D eigenvalue weighted by atomic mass is 10.2. The molecule has 7 heteroatoms. The third kappa shape index (κ3) is 3.67. The van der Waals surface area contributed by atoms with E-state index in [4.69, 9.17) is 23.8 Å². The molecule has 3 aromatic rings. The Kier molecular flexibility index (Phi) is 4.98. The average Bonchev–Trinajstić information content (AvgIpc) is 2.95. The van der Waals surface area contributed by atoms with Gasteiger partial charge in [0.15, 0.2) is 5.82 Å². The van der Waals surface area contributed by atoms with Gasteiger partial charge in [-0.05, 0) is 36.0 Å². The first kappa shape index (κ1) is 16.3. The van der Waals surface area contributed by atoms with Gasteiger partial charge in [-0.2, -0.15) is 14.9 Å². The van der Waals surface area contributed by atoms with E-state index in [0.29, 0.717) is 10.6 Å². The molecule has 1 heterocycles. The van der Waals surface area contributed by atoms with E-state index < -0.39 is 5.82 Å². The number of halogens is 2. The molecular weight excluding hydrogens is 347 g/mol. The molecule has 0 radical (unpaired) electrons. The van der Waals surface area contributed by atoms with Crippen molar-refractivity contribution in [1.29, 1.82) is 0 Å². The number of nitrogens with zero attached hydrogens (tertiary/aromatic N) is 3. The molecule has 120 valence electrons. The first-order valence-corrected chi connectivity index (χ1v) is 7.82. The van der Waals surface area contributed by atoms with E-state index in [2.05, 4.69) is 15.3 Å². The fourth-order valence-corrected chi connectivity index (χ4v) is 2.42. The van der Waals surface area contributed by atoms with Gasteiger partial charge in [-0.3, -0.25) is 0 Å². The molecule has 0 fully saturated rings. The van der Waals surface area contributed by atoms with Crippen LogP contribution < -0.4 is 0 Å². The molecule has 1 aromatic heterocycles. The van der Waals surface area contributed by atoms with E-state index in [1.807, 2.05) is 30.3 Å². The molecule has 1 N–H and O–H groups in total. The predicted octanol–water partition coefficient (Wildman–Crippen LogP) is 4.86. The average molecular weight is 359 g/mol. The Morgan fingerprint density at radius 2 is 1.88 bits per heavy atom. The molecule has 0 aliphatic carbocycles. The van der Waals surface area contributed by atoms with Crippen molar-refractivity contribution in [2.45, 2.75) is 0 Å². The van der Waals surface area contributed by atoms with Crippen LogP contribution in [0.2, 0.25) is 0 Å². The molecule has 0 bridgehead atoms. The van der Waals surface area contributed by atoms with E-state index in [-0.39, 0.29) is 10.6 Å². The number of nitrogens with one attached hydrogen (secondary N) is 1. The van der Waals surface area contributed by atoms with Gasteiger partial charge in [-0.1, -0.05) is 54.1 Å². The van der Waals surface area contributed by atoms with Gasteiger partial charge in [0.2, 0.25) is 4.77 Å². The fourth-order valence-electron chi connectivity index (χ4n) is 2.07. The van der Waals surface area contributed by atoms with E-state index >= 15 is 0 Å². The van der Waals surface area contributed by atoms with E-state index in [9.17, 15) is 4.39 Å². The van der Waals surface area contributed by atoms with Gasteiger partial charge in [-0.25, -0.2) is 9.49 Å². The van der Waals surface area contributed by atoms with Gasteiger partial charge in [0, 0.05) is 0 Å². The van der Waals surface area contributed by atoms with Crippen molar-refractivity contribution in [3.05, 3.63) is 75.8 Å². The van der Waals surface area contributed by atoms with E-state index in [1.165, 1.54) is 17.0 Å². The lowest BCUT2D eigenvalue weighted by Crippen LogP contribution is -1.96. The maximum absolute atomic E-state index is 14.0. The molecule has 0 aliphatic heterocycles. The van der Waals surface area contributed by atoms with Gasteiger partial charge in [-0.15, -0.1) is 0 Å². The number of allylic oxidation sites excluding steroid dienone is 1. The van der Waals surface area contributed by atoms with Crippen molar-refractivity contribution in [3.63, 3.8) is 0 Å². The Morgan fingerprint density at radius 3 is 2.62 bits per heavy atom. The predicted molar refractivity (Wildman–Crippen MR) is 97.0 cm³/mol. The van der Waals surface area contributed by atoms with Crippen molar-refractivity contribution >= 4 is 36.1 Å². The molecule has 0 spiro atoms. The van der Waals surface area contributed by atoms with Crippen LogP contribution in [0.1, 0.15) is 5.56 Å². The van der Waals surface area contributed by atoms with Gasteiger partial charge in [0.1, 0.15) is 5.82 Å². The van der Waals surface area contributed by atoms with Crippen molar-refractivity contribution in [2.75, 3.05) is 0 Å². The minimum atomic E-state index is -0.408. The van der Waals surface area contributed by atoms with Crippen LogP contribution in [0, 0.1) is 10.6 Å². The van der Waals surface area contributed by atoms with E-state index in [1.54, 1.807) is 24.3 Å². The largest absolute Gasteiger partial charge is 0.250 e. The quantitative estimate of drug-likeness (QED) is 0.534. The van der Waals surface area contributed by atoms with Gasteiger partial charge in [0.25, 0.3) is 0 Å². The summed E-state index contributed by atoms with van der Waals surface area (Å²) in [5, 5.41) is 11.3. The number of benzene rings is 2. The molecule has 4 nitrogen and oxygen atoms in total. The summed E-state index contributed by atoms with van der Waals surface area (Å²) in [4.78, 5) is 0. The summed E-state index contributed by atoms with van der Waals surface area (Å²) in [5.74, 6) is -0.132. The number of aromatic amines is 1. The summed E-state index contributed by atoms with van der Waals surface area (Å²) in [5.41, 5.74) is 1.24. The van der Waals surface area contributed by atoms with Crippen molar-refractivity contribution in [2.24, 2.45) is 5.10 Å². The normalized spacial score (nSPS) is 12.0. The highest BCUT2D eigenvalue weighted by molar-refractivity contribution is 7.71. The zero-order chi connectivity index (χ0) is 16.9. The maximum Gasteiger partial charge on any atom is 0.216 e. The van der Waals surface area contributed by atoms with Gasteiger partial charge >= 0.3 is 0 Å². The monoisotopic (exact) mass is 358 g/mol. The topological polar surface area (TPSA) is 46.0 Å². The fraction of sp³-hybridized carbons (Fsp3) is 0. The number of hydrogen-bond acceptors (Lipinski definition) is 3. The Morgan fingerprint density at radius 1 is 1.17 bits per heavy atom. The molecule has 0 aliphatic rings. The molecule has 3 rings (SSSR count). The molecule has 24 heavy (non-hydrogen) atoms. The number of H-pyrrole nitrogens is 1. The van der Waals surface area contributed by atoms with Crippen LogP contribution in [0.4, 0.5) is 4.39 Å². The Labute approximate surface area is 147 Å². The second kappa shape index (κ2) is 7.33. The van der Waals surface area contributed by atoms with Crippen molar-refractivity contribution in [1.82, 2.24) is 14.9 Å². The SMILES string of the molecule is Fc1ccccc1-c1n[nH]c(=S)n1/N=C/C(Cl)=C/c1ccccc1. The maximum atomic E-state index is 14.0. The number of aromatic nitrogens is 3. The highest BCUT2D eigenvalue weighted by Crippen LogP contribution is 2.20. The second-order valence-electron chi connectivity index (χ2n) is 4.83. The van der Waals surface area contributed by atoms with Crippen LogP contribution in [0.15, 0.2) is 64.7 Å². The Hall–Kier alpha value is -2.57. The van der Waals surface area contributed by atoms with Gasteiger partial charge < -0.3 is 0 Å². The van der Waals surface area contributed by atoms with Gasteiger partial charge in [0.05, 0.1) is 16.8 Å². The summed E-state index contributed by atoms with van der Waals surface area (Å²) in [6, 6.07) is 15.9. The van der Waals surface area contributed by atoms with Crippen molar-refractivity contribution in [3.8, 4) is 11.4 Å². The van der Waals surface area contributed by atoms with E-state index in [0.717, 1.165) is 5.56 Å². The van der Waals surface area contributed by atoms with Crippen LogP contribution >= 0.6 is 23.8 Å². The summed E-state index contributed by atoms with van der Waals surface area (Å²) >= 11 is 11.3. The number of hydrogen-bond donors (Lipinski definition) is 1. The third-order valence-electron chi connectivity index (χ3n) is 3.17. The Bertz CT molecular complexity index is 960. The molecule has 0 amide bonds. The molecule has 0 saturated heterocycles. The van der Waals surface area contributed by atoms with Crippen molar-refractivity contribution < 1.29 is 4.39 Å². The summed E-state index contributed by atoms with van der Waals surface area (Å²) in [6.07, 6.45) is 3.20. The molecular formula is C17H12ClFN4S. The minimum absolute atomic E-state index is 0.244. The zero-order valence-electron chi connectivity index (χ0n) is 12.4. The van der Waals surface area contributed by atoms with Crippen LogP contribution in [-0.2, 0) is 0 Å². The number of rotatable bonds is 4.